The van der Waals surface area contributed by atoms with Crippen LogP contribution in [-0.4, -0.2) is 9.13 Å². The molecule has 1 saturated carbocycles. The van der Waals surface area contributed by atoms with Crippen molar-refractivity contribution >= 4 is 72.3 Å². The molecule has 0 amide bonds. The fraction of sp³-hybridized carbons (Fsp3) is 0.176. The summed E-state index contributed by atoms with van der Waals surface area (Å²) in [7, 11) is 0. The summed E-state index contributed by atoms with van der Waals surface area (Å²) in [6.45, 7) is 4.73. The smallest absolute Gasteiger partial charge is 0.0495 e. The molecular weight excluding hydrogens is 690 g/mol. The highest BCUT2D eigenvalue weighted by Gasteiger charge is 2.36. The lowest BCUT2D eigenvalue weighted by Gasteiger charge is -2.32. The van der Waals surface area contributed by atoms with Gasteiger partial charge in [0, 0.05) is 83.2 Å². The van der Waals surface area contributed by atoms with Crippen molar-refractivity contribution in [2.45, 2.75) is 57.0 Å². The van der Waals surface area contributed by atoms with Crippen LogP contribution in [0.4, 0.5) is 17.1 Å². The van der Waals surface area contributed by atoms with E-state index in [1.807, 2.05) is 6.07 Å². The summed E-state index contributed by atoms with van der Waals surface area (Å²) in [5.41, 5.74) is 14.2. The first-order valence-electron chi connectivity index (χ1n) is 19.8. The highest BCUT2D eigenvalue weighted by atomic mass is 35.5. The number of fused-ring (bicyclic) bond motifs is 9. The Kier molecular flexibility index (Phi) is 7.35. The van der Waals surface area contributed by atoms with E-state index in [1.165, 1.54) is 77.2 Å². The number of aromatic nitrogens is 2. The van der Waals surface area contributed by atoms with Crippen molar-refractivity contribution in [3.05, 3.63) is 174 Å². The molecule has 0 aliphatic heterocycles. The fourth-order valence-corrected chi connectivity index (χ4v) is 10.5. The van der Waals surface area contributed by atoms with Crippen molar-refractivity contribution in [1.29, 1.82) is 0 Å². The largest absolute Gasteiger partial charge is 0.337 e. The van der Waals surface area contributed by atoms with Crippen LogP contribution < -0.4 is 4.90 Å². The Morgan fingerprint density at radius 2 is 0.964 bits per heavy atom. The molecule has 9 aromatic rings. The zero-order valence-electron chi connectivity index (χ0n) is 31.2. The maximum Gasteiger partial charge on any atom is 0.0495 e. The summed E-state index contributed by atoms with van der Waals surface area (Å²) in [6.07, 6.45) is 4.53. The Balaban J connectivity index is 0.986. The van der Waals surface area contributed by atoms with E-state index in [2.05, 4.69) is 180 Å². The lowest BCUT2D eigenvalue weighted by Crippen LogP contribution is -2.20. The van der Waals surface area contributed by atoms with Crippen LogP contribution in [0.1, 0.15) is 62.7 Å². The first-order chi connectivity index (χ1) is 27.0. The molecule has 11 rings (SSSR count). The summed E-state index contributed by atoms with van der Waals surface area (Å²) >= 11 is 6.51. The Hall–Kier alpha value is -5.77. The highest BCUT2D eigenvalue weighted by molar-refractivity contribution is 6.32. The van der Waals surface area contributed by atoms with Gasteiger partial charge in [-0.1, -0.05) is 110 Å². The van der Waals surface area contributed by atoms with Gasteiger partial charge in [0.25, 0.3) is 0 Å². The van der Waals surface area contributed by atoms with Gasteiger partial charge in [-0.05, 0) is 121 Å². The van der Waals surface area contributed by atoms with Gasteiger partial charge in [-0.25, -0.2) is 0 Å². The van der Waals surface area contributed by atoms with Gasteiger partial charge in [0.2, 0.25) is 0 Å². The second-order valence-corrected chi connectivity index (χ2v) is 16.6. The molecule has 2 aromatic heterocycles. The monoisotopic (exact) mass is 731 g/mol. The predicted molar refractivity (Wildman–Crippen MR) is 233 cm³/mol. The van der Waals surface area contributed by atoms with Crippen LogP contribution in [-0.2, 0) is 5.41 Å². The Morgan fingerprint density at radius 3 is 1.65 bits per heavy atom. The van der Waals surface area contributed by atoms with Gasteiger partial charge in [0.05, 0.1) is 0 Å². The summed E-state index contributed by atoms with van der Waals surface area (Å²) in [4.78, 5) is 2.44. The number of anilines is 3. The standard InChI is InChI=1S/C51H42ClN3/c1-51(2)45-17-9-6-14-39(45)40-27-25-38(32-46(40)51)53(34-12-4-3-5-13-34)37-26-29-50-44(31-37)42-16-8-11-19-48(42)55(50)36-23-21-35(22-24-36)54-47-18-10-7-15-41(47)43-30-33(52)20-28-49(43)54/h3-20,25-32,35-36H,21-24H2,1-2H3. The van der Waals surface area contributed by atoms with E-state index in [4.69, 9.17) is 11.6 Å². The van der Waals surface area contributed by atoms with Crippen LogP contribution in [0.15, 0.2) is 158 Å². The first-order valence-corrected chi connectivity index (χ1v) is 20.1. The lowest BCUT2D eigenvalue weighted by molar-refractivity contribution is 0.290. The third kappa shape index (κ3) is 4.96. The number of hydrogen-bond donors (Lipinski definition) is 0. The van der Waals surface area contributed by atoms with E-state index < -0.39 is 0 Å². The zero-order chi connectivity index (χ0) is 36.8. The second kappa shape index (κ2) is 12.4. The molecule has 0 saturated heterocycles. The van der Waals surface area contributed by atoms with E-state index in [9.17, 15) is 0 Å². The molecule has 2 heterocycles. The molecule has 3 nitrogen and oxygen atoms in total. The molecule has 0 bridgehead atoms. The lowest BCUT2D eigenvalue weighted by atomic mass is 9.82. The van der Waals surface area contributed by atoms with E-state index in [0.29, 0.717) is 12.1 Å². The SMILES string of the molecule is CC1(C)c2ccccc2-c2ccc(N(c3ccccc3)c3ccc4c(c3)c3ccccc3n4C3CCC(n4c5ccccc5c5cc(Cl)ccc54)CC3)cc21. The van der Waals surface area contributed by atoms with Gasteiger partial charge in [0.15, 0.2) is 0 Å². The van der Waals surface area contributed by atoms with Crippen LogP contribution in [0.25, 0.3) is 54.7 Å². The minimum absolute atomic E-state index is 0.0735. The van der Waals surface area contributed by atoms with Crippen molar-refractivity contribution in [3.63, 3.8) is 0 Å². The highest BCUT2D eigenvalue weighted by Crippen LogP contribution is 2.51. The van der Waals surface area contributed by atoms with E-state index in [0.717, 1.165) is 36.4 Å². The maximum atomic E-state index is 6.51. The fourth-order valence-electron chi connectivity index (χ4n) is 10.3. The third-order valence-corrected chi connectivity index (χ3v) is 13.1. The van der Waals surface area contributed by atoms with Crippen LogP contribution in [0.5, 0.6) is 0 Å². The van der Waals surface area contributed by atoms with E-state index in [1.54, 1.807) is 0 Å². The van der Waals surface area contributed by atoms with E-state index in [-0.39, 0.29) is 5.41 Å². The molecule has 0 spiro atoms. The number of hydrogen-bond acceptors (Lipinski definition) is 1. The Morgan fingerprint density at radius 1 is 0.455 bits per heavy atom. The molecule has 2 aliphatic rings. The van der Waals surface area contributed by atoms with E-state index >= 15 is 0 Å². The summed E-state index contributed by atoms with van der Waals surface area (Å²) < 4.78 is 5.27. The second-order valence-electron chi connectivity index (χ2n) is 16.2. The molecule has 7 aromatic carbocycles. The van der Waals surface area contributed by atoms with Gasteiger partial charge in [-0.2, -0.15) is 0 Å². The van der Waals surface area contributed by atoms with Crippen molar-refractivity contribution in [2.24, 2.45) is 0 Å². The summed E-state index contributed by atoms with van der Waals surface area (Å²) in [6, 6.07) is 59.1. The molecular formula is C51H42ClN3. The van der Waals surface area contributed by atoms with Crippen molar-refractivity contribution < 1.29 is 0 Å². The van der Waals surface area contributed by atoms with Gasteiger partial charge >= 0.3 is 0 Å². The van der Waals surface area contributed by atoms with Gasteiger partial charge in [-0.15, -0.1) is 0 Å². The predicted octanol–water partition coefficient (Wildman–Crippen LogP) is 14.7. The zero-order valence-corrected chi connectivity index (χ0v) is 32.0. The normalized spacial score (nSPS) is 17.6. The van der Waals surface area contributed by atoms with Crippen LogP contribution >= 0.6 is 11.6 Å². The van der Waals surface area contributed by atoms with Gasteiger partial charge in [0.1, 0.15) is 0 Å². The van der Waals surface area contributed by atoms with Crippen LogP contribution in [0.3, 0.4) is 0 Å². The molecule has 0 atom stereocenters. The van der Waals surface area contributed by atoms with Crippen molar-refractivity contribution in [3.8, 4) is 11.1 Å². The van der Waals surface area contributed by atoms with Gasteiger partial charge in [-0.3, -0.25) is 0 Å². The summed E-state index contributed by atoms with van der Waals surface area (Å²) in [5.74, 6) is 0. The molecule has 4 heteroatoms. The molecule has 0 radical (unpaired) electrons. The minimum atomic E-state index is -0.0735. The number of rotatable bonds is 5. The average Bonchev–Trinajstić information content (AvgIpc) is 3.81. The number of para-hydroxylation sites is 3. The van der Waals surface area contributed by atoms with Crippen LogP contribution in [0, 0.1) is 0 Å². The Bertz CT molecular complexity index is 2940. The maximum absolute atomic E-state index is 6.51. The molecule has 0 N–H and O–H groups in total. The molecule has 1 fully saturated rings. The summed E-state index contributed by atoms with van der Waals surface area (Å²) in [5, 5.41) is 5.96. The molecule has 55 heavy (non-hydrogen) atoms. The van der Waals surface area contributed by atoms with Crippen LogP contribution in [0.2, 0.25) is 5.02 Å². The topological polar surface area (TPSA) is 13.1 Å². The third-order valence-electron chi connectivity index (χ3n) is 12.9. The molecule has 268 valence electrons. The number of nitrogens with zero attached hydrogens (tertiary/aromatic N) is 3. The Labute approximate surface area is 327 Å². The van der Waals surface area contributed by atoms with Crippen molar-refractivity contribution in [1.82, 2.24) is 9.13 Å². The first kappa shape index (κ1) is 32.6. The minimum Gasteiger partial charge on any atom is -0.337 e. The van der Waals surface area contributed by atoms with Gasteiger partial charge < -0.3 is 14.0 Å². The molecule has 2 aliphatic carbocycles. The number of benzene rings is 7. The van der Waals surface area contributed by atoms with Crippen molar-refractivity contribution in [2.75, 3.05) is 4.90 Å². The average molecular weight is 732 g/mol. The molecule has 0 unspecified atom stereocenters. The quantitative estimate of drug-likeness (QED) is 0.172. The number of halogens is 1.